The number of rotatable bonds is 7. The van der Waals surface area contributed by atoms with E-state index in [1.807, 2.05) is 11.9 Å². The number of aliphatic hydroxyl groups excluding tert-OH is 1. The Morgan fingerprint density at radius 3 is 3.06 bits per heavy atom. The van der Waals surface area contributed by atoms with Gasteiger partial charge in [0.05, 0.1) is 31.1 Å². The van der Waals surface area contributed by atoms with Gasteiger partial charge in [-0.3, -0.25) is 15.1 Å². The van der Waals surface area contributed by atoms with Crippen molar-refractivity contribution in [1.82, 2.24) is 10.3 Å². The monoisotopic (exact) mass is 257 g/mol. The molecule has 18 heavy (non-hydrogen) atoms. The molecule has 0 bridgehead atoms. The molecule has 1 atom stereocenters. The number of carbonyl (C=O) groups is 1. The maximum Gasteiger partial charge on any atom is 0.268 e. The second-order valence-electron chi connectivity index (χ2n) is 4.04. The summed E-state index contributed by atoms with van der Waals surface area (Å²) in [6.45, 7) is 1.08. The molecule has 0 aliphatic heterocycles. The molecule has 7 nitrogen and oxygen atoms in total. The fourth-order valence-electron chi connectivity index (χ4n) is 1.66. The Hall–Kier alpha value is -1.41. The van der Waals surface area contributed by atoms with Crippen molar-refractivity contribution in [3.63, 3.8) is 0 Å². The van der Waals surface area contributed by atoms with E-state index in [2.05, 4.69) is 5.43 Å². The molecule has 0 spiro atoms. The van der Waals surface area contributed by atoms with Crippen LogP contribution < -0.4 is 11.3 Å². The van der Waals surface area contributed by atoms with Gasteiger partial charge in [-0.2, -0.15) is 0 Å². The first-order valence-corrected chi connectivity index (χ1v) is 5.51. The van der Waals surface area contributed by atoms with Gasteiger partial charge in [-0.15, -0.1) is 0 Å². The zero-order chi connectivity index (χ0) is 13.5. The highest BCUT2D eigenvalue weighted by Crippen LogP contribution is 2.12. The van der Waals surface area contributed by atoms with Crippen LogP contribution in [0.5, 0.6) is 0 Å². The summed E-state index contributed by atoms with van der Waals surface area (Å²) in [6.07, 6.45) is 0.848. The molecule has 0 fully saturated rings. The number of likely N-dealkylation sites (N-methyl/N-ethyl adjacent to an activating group) is 1. The lowest BCUT2D eigenvalue weighted by atomic mass is 10.2. The summed E-state index contributed by atoms with van der Waals surface area (Å²) < 4.78 is 10.1. The van der Waals surface area contributed by atoms with Crippen LogP contribution in [0.25, 0.3) is 0 Å². The van der Waals surface area contributed by atoms with Gasteiger partial charge in [0.1, 0.15) is 5.76 Å². The van der Waals surface area contributed by atoms with Crippen LogP contribution in [0.2, 0.25) is 0 Å². The minimum atomic E-state index is -0.582. The van der Waals surface area contributed by atoms with E-state index in [1.54, 1.807) is 6.07 Å². The maximum absolute atomic E-state index is 11.4. The van der Waals surface area contributed by atoms with Gasteiger partial charge in [-0.05, 0) is 13.1 Å². The molecule has 1 unspecified atom stereocenters. The number of carbonyl (C=O) groups excluding carboxylic acids is 1. The second-order valence-corrected chi connectivity index (χ2v) is 4.04. The van der Waals surface area contributed by atoms with E-state index in [-0.39, 0.29) is 6.61 Å². The third-order valence-corrected chi connectivity index (χ3v) is 2.42. The first kappa shape index (κ1) is 14.7. The van der Waals surface area contributed by atoms with Crippen molar-refractivity contribution < 1.29 is 19.1 Å². The molecule has 1 rings (SSSR count). The Morgan fingerprint density at radius 1 is 1.72 bits per heavy atom. The average Bonchev–Trinajstić information content (AvgIpc) is 2.76. The Bertz CT molecular complexity index is 380. The van der Waals surface area contributed by atoms with Gasteiger partial charge in [0.25, 0.3) is 5.91 Å². The Labute approximate surface area is 105 Å². The number of nitrogens with two attached hydrogens (primary N) is 1. The molecule has 0 aromatic carbocycles. The van der Waals surface area contributed by atoms with Gasteiger partial charge >= 0.3 is 0 Å². The molecule has 1 amide bonds. The van der Waals surface area contributed by atoms with Crippen LogP contribution >= 0.6 is 0 Å². The number of amides is 1. The van der Waals surface area contributed by atoms with Gasteiger partial charge in [-0.1, -0.05) is 0 Å². The van der Waals surface area contributed by atoms with Crippen LogP contribution in [0.15, 0.2) is 16.7 Å². The summed E-state index contributed by atoms with van der Waals surface area (Å²) in [5, 5.41) is 9.58. The molecule has 0 aliphatic carbocycles. The number of hydrogen-bond acceptors (Lipinski definition) is 6. The lowest BCUT2D eigenvalue weighted by molar-refractivity contribution is 0.0406. The zero-order valence-corrected chi connectivity index (χ0v) is 10.5. The predicted molar refractivity (Wildman–Crippen MR) is 64.6 cm³/mol. The number of nitrogens with one attached hydrogen (secondary N) is 1. The van der Waals surface area contributed by atoms with Crippen molar-refractivity contribution in [3.05, 3.63) is 23.7 Å². The van der Waals surface area contributed by atoms with Gasteiger partial charge in [0.2, 0.25) is 0 Å². The van der Waals surface area contributed by atoms with Crippen LogP contribution in [0.4, 0.5) is 0 Å². The summed E-state index contributed by atoms with van der Waals surface area (Å²) >= 11 is 0. The van der Waals surface area contributed by atoms with Crippen molar-refractivity contribution >= 4 is 5.91 Å². The highest BCUT2D eigenvalue weighted by atomic mass is 16.5. The molecule has 4 N–H and O–H groups in total. The van der Waals surface area contributed by atoms with Gasteiger partial charge in [-0.25, -0.2) is 5.84 Å². The van der Waals surface area contributed by atoms with E-state index in [9.17, 15) is 9.90 Å². The average molecular weight is 257 g/mol. The largest absolute Gasteiger partial charge is 0.467 e. The minimum Gasteiger partial charge on any atom is -0.467 e. The molecule has 0 saturated heterocycles. The molecule has 1 aromatic rings. The standard InChI is InChI=1S/C11H19N3O4/c1-14(5-8(15)7-17-2)6-10-9(3-4-18-10)11(16)13-12/h3-4,8,15H,5-7,12H2,1-2H3,(H,13,16). The fraction of sp³-hybridized carbons (Fsp3) is 0.545. The van der Waals surface area contributed by atoms with Crippen molar-refractivity contribution in [2.75, 3.05) is 27.3 Å². The predicted octanol–water partition coefficient (Wildman–Crippen LogP) is -0.678. The highest BCUT2D eigenvalue weighted by molar-refractivity contribution is 5.94. The quantitative estimate of drug-likeness (QED) is 0.340. The topological polar surface area (TPSA) is 101 Å². The lowest BCUT2D eigenvalue weighted by Gasteiger charge is -2.19. The summed E-state index contributed by atoms with van der Waals surface area (Å²) in [7, 11) is 3.34. The van der Waals surface area contributed by atoms with Crippen LogP contribution in [0.1, 0.15) is 16.1 Å². The summed E-state index contributed by atoms with van der Waals surface area (Å²) in [4.78, 5) is 13.2. The number of nitrogens with zero attached hydrogens (tertiary/aromatic N) is 1. The van der Waals surface area contributed by atoms with E-state index in [0.29, 0.717) is 24.4 Å². The van der Waals surface area contributed by atoms with E-state index in [0.717, 1.165) is 0 Å². The van der Waals surface area contributed by atoms with E-state index < -0.39 is 12.0 Å². The SMILES string of the molecule is COCC(O)CN(C)Cc1occc1C(=O)NN. The van der Waals surface area contributed by atoms with Gasteiger partial charge in [0.15, 0.2) is 0 Å². The zero-order valence-electron chi connectivity index (χ0n) is 10.5. The van der Waals surface area contributed by atoms with Crippen molar-refractivity contribution in [2.24, 2.45) is 5.84 Å². The van der Waals surface area contributed by atoms with Crippen LogP contribution in [-0.2, 0) is 11.3 Å². The molecule has 0 saturated carbocycles. The molecule has 1 heterocycles. The number of furan rings is 1. The number of methoxy groups -OCH3 is 1. The summed E-state index contributed by atoms with van der Waals surface area (Å²) in [5.74, 6) is 5.18. The van der Waals surface area contributed by atoms with E-state index in [1.165, 1.54) is 13.4 Å². The molecule has 1 aromatic heterocycles. The minimum absolute atomic E-state index is 0.263. The van der Waals surface area contributed by atoms with Crippen molar-refractivity contribution in [2.45, 2.75) is 12.6 Å². The highest BCUT2D eigenvalue weighted by Gasteiger charge is 2.16. The molecule has 102 valence electrons. The number of aliphatic hydroxyl groups is 1. The first-order valence-electron chi connectivity index (χ1n) is 5.51. The van der Waals surface area contributed by atoms with Crippen molar-refractivity contribution in [1.29, 1.82) is 0 Å². The van der Waals surface area contributed by atoms with Crippen molar-refractivity contribution in [3.8, 4) is 0 Å². The molecular formula is C11H19N3O4. The Balaban J connectivity index is 2.56. The van der Waals surface area contributed by atoms with Gasteiger partial charge in [0, 0.05) is 13.7 Å². The Morgan fingerprint density at radius 2 is 2.44 bits per heavy atom. The summed E-state index contributed by atoms with van der Waals surface area (Å²) in [6, 6.07) is 1.55. The third-order valence-electron chi connectivity index (χ3n) is 2.42. The molecule has 0 aliphatic rings. The number of hydrazine groups is 1. The normalized spacial score (nSPS) is 12.7. The third kappa shape index (κ3) is 4.11. The second kappa shape index (κ2) is 7.12. The van der Waals surface area contributed by atoms with Gasteiger partial charge < -0.3 is 14.3 Å². The first-order chi connectivity index (χ1) is 8.58. The fourth-order valence-corrected chi connectivity index (χ4v) is 1.66. The molecular weight excluding hydrogens is 238 g/mol. The maximum atomic E-state index is 11.4. The van der Waals surface area contributed by atoms with E-state index >= 15 is 0 Å². The van der Waals surface area contributed by atoms with Crippen LogP contribution in [-0.4, -0.2) is 49.3 Å². The molecule has 0 radical (unpaired) electrons. The van der Waals surface area contributed by atoms with Crippen LogP contribution in [0, 0.1) is 0 Å². The van der Waals surface area contributed by atoms with E-state index in [4.69, 9.17) is 15.0 Å². The number of nitrogen functional groups attached to an aromatic ring is 1. The molecule has 7 heteroatoms. The van der Waals surface area contributed by atoms with Crippen LogP contribution in [0.3, 0.4) is 0 Å². The number of ether oxygens (including phenoxy) is 1. The summed E-state index contributed by atoms with van der Waals surface area (Å²) in [5.41, 5.74) is 2.45. The number of hydrogen-bond donors (Lipinski definition) is 3. The smallest absolute Gasteiger partial charge is 0.268 e. The Kier molecular flexibility index (Phi) is 5.79. The lowest BCUT2D eigenvalue weighted by Crippen LogP contribution is -2.33.